The minimum Gasteiger partial charge on any atom is -0.396 e. The molecule has 0 bridgehead atoms. The van der Waals surface area contributed by atoms with Crippen LogP contribution in [0.1, 0.15) is 32.6 Å². The van der Waals surface area contributed by atoms with E-state index in [1.54, 1.807) is 0 Å². The third-order valence-electron chi connectivity index (χ3n) is 3.54. The second kappa shape index (κ2) is 7.21. The number of aliphatic hydroxyl groups excluding tert-OH is 1. The number of nitrogens with one attached hydrogen (secondary N) is 1. The smallest absolute Gasteiger partial charge is 0.224 e. The predicted octanol–water partition coefficient (Wildman–Crippen LogP) is -0.0648. The molecule has 1 amide bonds. The van der Waals surface area contributed by atoms with E-state index in [9.17, 15) is 13.2 Å². The Morgan fingerprint density at radius 1 is 1.53 bits per heavy atom. The maximum atomic E-state index is 12.1. The van der Waals surface area contributed by atoms with Crippen molar-refractivity contribution in [1.82, 2.24) is 9.62 Å². The summed E-state index contributed by atoms with van der Waals surface area (Å²) in [5.74, 6) is -0.384. The lowest BCUT2D eigenvalue weighted by Gasteiger charge is -2.31. The van der Waals surface area contributed by atoms with Gasteiger partial charge in [-0.05, 0) is 25.7 Å². The molecular weight excluding hydrogens is 268 g/mol. The lowest BCUT2D eigenvalue weighted by molar-refractivity contribution is -0.126. The van der Waals surface area contributed by atoms with Crippen molar-refractivity contribution >= 4 is 15.9 Å². The van der Waals surface area contributed by atoms with Gasteiger partial charge < -0.3 is 10.4 Å². The Kier molecular flexibility index (Phi) is 6.22. The van der Waals surface area contributed by atoms with Crippen LogP contribution >= 0.6 is 0 Å². The first-order chi connectivity index (χ1) is 8.88. The number of amides is 1. The zero-order valence-electron chi connectivity index (χ0n) is 11.6. The summed E-state index contributed by atoms with van der Waals surface area (Å²) in [5, 5.41) is 11.8. The van der Waals surface area contributed by atoms with Gasteiger partial charge in [-0.1, -0.05) is 6.92 Å². The normalized spacial score (nSPS) is 23.0. The van der Waals surface area contributed by atoms with Gasteiger partial charge in [0, 0.05) is 25.7 Å². The molecule has 1 saturated heterocycles. The van der Waals surface area contributed by atoms with Gasteiger partial charge in [0.15, 0.2) is 0 Å². The molecular formula is C12H24N2O4S. The summed E-state index contributed by atoms with van der Waals surface area (Å²) in [6.07, 6.45) is 3.89. The summed E-state index contributed by atoms with van der Waals surface area (Å²) in [4.78, 5) is 12.1. The van der Waals surface area contributed by atoms with Crippen molar-refractivity contribution in [3.05, 3.63) is 0 Å². The van der Waals surface area contributed by atoms with Gasteiger partial charge in [-0.2, -0.15) is 0 Å². The molecule has 1 rings (SSSR count). The molecule has 0 aromatic heterocycles. The van der Waals surface area contributed by atoms with E-state index < -0.39 is 10.0 Å². The number of rotatable bonds is 6. The monoisotopic (exact) mass is 292 g/mol. The first-order valence-electron chi connectivity index (χ1n) is 6.74. The first kappa shape index (κ1) is 16.4. The third-order valence-corrected chi connectivity index (χ3v) is 4.81. The summed E-state index contributed by atoms with van der Waals surface area (Å²) in [5.41, 5.74) is 0. The summed E-state index contributed by atoms with van der Waals surface area (Å²) in [7, 11) is -3.22. The highest BCUT2D eigenvalue weighted by molar-refractivity contribution is 7.88. The number of aliphatic hydroxyl groups is 1. The van der Waals surface area contributed by atoms with Gasteiger partial charge in [-0.3, -0.25) is 4.79 Å². The molecule has 2 unspecified atom stereocenters. The molecule has 2 atom stereocenters. The summed E-state index contributed by atoms with van der Waals surface area (Å²) >= 11 is 0. The largest absolute Gasteiger partial charge is 0.396 e. The number of hydrogen-bond donors (Lipinski definition) is 2. The molecule has 0 spiro atoms. The molecule has 19 heavy (non-hydrogen) atoms. The summed E-state index contributed by atoms with van der Waals surface area (Å²) in [6, 6.07) is -0.0360. The number of sulfonamides is 1. The fourth-order valence-corrected chi connectivity index (χ4v) is 3.22. The number of nitrogens with zero attached hydrogens (tertiary/aromatic N) is 1. The molecule has 1 heterocycles. The number of piperidine rings is 1. The van der Waals surface area contributed by atoms with Crippen molar-refractivity contribution in [1.29, 1.82) is 0 Å². The third kappa shape index (κ3) is 5.08. The molecule has 112 valence electrons. The zero-order valence-corrected chi connectivity index (χ0v) is 12.4. The second-order valence-corrected chi connectivity index (χ2v) is 7.07. The highest BCUT2D eigenvalue weighted by Crippen LogP contribution is 2.19. The SMILES string of the molecule is CCC(CCO)NC(=O)C1CCCN(S(C)(=O)=O)C1. The Hall–Kier alpha value is -0.660. The minimum atomic E-state index is -3.22. The van der Waals surface area contributed by atoms with Crippen LogP contribution in [0.15, 0.2) is 0 Å². The Morgan fingerprint density at radius 3 is 2.74 bits per heavy atom. The minimum absolute atomic E-state index is 0.0360. The van der Waals surface area contributed by atoms with Gasteiger partial charge in [0.2, 0.25) is 15.9 Å². The van der Waals surface area contributed by atoms with Gasteiger partial charge in [-0.15, -0.1) is 0 Å². The Labute approximate surface area is 115 Å². The lowest BCUT2D eigenvalue weighted by Crippen LogP contribution is -2.47. The average Bonchev–Trinajstić information content (AvgIpc) is 2.37. The van der Waals surface area contributed by atoms with Crippen molar-refractivity contribution < 1.29 is 18.3 Å². The van der Waals surface area contributed by atoms with Crippen molar-refractivity contribution in [2.75, 3.05) is 26.0 Å². The lowest BCUT2D eigenvalue weighted by atomic mass is 9.98. The molecule has 0 saturated carbocycles. The Morgan fingerprint density at radius 2 is 2.21 bits per heavy atom. The number of carbonyl (C=O) groups is 1. The van der Waals surface area contributed by atoms with Crippen LogP contribution in [0.5, 0.6) is 0 Å². The van der Waals surface area contributed by atoms with E-state index in [0.717, 1.165) is 6.42 Å². The van der Waals surface area contributed by atoms with E-state index in [2.05, 4.69) is 5.32 Å². The quantitative estimate of drug-likeness (QED) is 0.718. The van der Waals surface area contributed by atoms with E-state index in [4.69, 9.17) is 5.11 Å². The first-order valence-corrected chi connectivity index (χ1v) is 8.59. The van der Waals surface area contributed by atoms with Crippen LogP contribution in [0.4, 0.5) is 0 Å². The molecule has 7 heteroatoms. The summed E-state index contributed by atoms with van der Waals surface area (Å²) < 4.78 is 24.4. The van der Waals surface area contributed by atoms with Crippen LogP contribution < -0.4 is 5.32 Å². The van der Waals surface area contributed by atoms with Crippen LogP contribution in [-0.2, 0) is 14.8 Å². The number of hydrogen-bond acceptors (Lipinski definition) is 4. The molecule has 0 aliphatic carbocycles. The zero-order chi connectivity index (χ0) is 14.5. The van der Waals surface area contributed by atoms with E-state index in [0.29, 0.717) is 25.8 Å². The Balaban J connectivity index is 2.57. The van der Waals surface area contributed by atoms with Crippen LogP contribution in [0.3, 0.4) is 0 Å². The van der Waals surface area contributed by atoms with E-state index in [1.807, 2.05) is 6.92 Å². The van der Waals surface area contributed by atoms with Crippen molar-refractivity contribution in [3.8, 4) is 0 Å². The predicted molar refractivity (Wildman–Crippen MR) is 73.1 cm³/mol. The molecule has 2 N–H and O–H groups in total. The van der Waals surface area contributed by atoms with Crippen LogP contribution in [0.2, 0.25) is 0 Å². The van der Waals surface area contributed by atoms with Gasteiger partial charge in [0.1, 0.15) is 0 Å². The maximum absolute atomic E-state index is 12.1. The maximum Gasteiger partial charge on any atom is 0.224 e. The van der Waals surface area contributed by atoms with Crippen LogP contribution in [0.25, 0.3) is 0 Å². The van der Waals surface area contributed by atoms with Crippen LogP contribution in [0, 0.1) is 5.92 Å². The molecule has 6 nitrogen and oxygen atoms in total. The fraction of sp³-hybridized carbons (Fsp3) is 0.917. The molecule has 0 aromatic carbocycles. The average molecular weight is 292 g/mol. The van der Waals surface area contributed by atoms with E-state index in [1.165, 1.54) is 10.6 Å². The van der Waals surface area contributed by atoms with Crippen LogP contribution in [-0.4, -0.2) is 55.7 Å². The van der Waals surface area contributed by atoms with Crippen molar-refractivity contribution in [2.45, 2.75) is 38.6 Å². The molecule has 1 fully saturated rings. The molecule has 0 aromatic rings. The van der Waals surface area contributed by atoms with Crippen molar-refractivity contribution in [3.63, 3.8) is 0 Å². The fourth-order valence-electron chi connectivity index (χ4n) is 2.31. The number of carbonyl (C=O) groups excluding carboxylic acids is 1. The summed E-state index contributed by atoms with van der Waals surface area (Å²) in [6.45, 7) is 2.75. The van der Waals surface area contributed by atoms with Gasteiger partial charge in [-0.25, -0.2) is 12.7 Å². The topological polar surface area (TPSA) is 86.7 Å². The second-order valence-electron chi connectivity index (χ2n) is 5.09. The van der Waals surface area contributed by atoms with Crippen molar-refractivity contribution in [2.24, 2.45) is 5.92 Å². The van der Waals surface area contributed by atoms with E-state index >= 15 is 0 Å². The standard InChI is InChI=1S/C12H24N2O4S/c1-3-11(6-8-15)13-12(16)10-5-4-7-14(9-10)19(2,17)18/h10-11,15H,3-9H2,1-2H3,(H,13,16). The van der Waals surface area contributed by atoms with Gasteiger partial charge in [0.25, 0.3) is 0 Å². The van der Waals surface area contributed by atoms with Gasteiger partial charge >= 0.3 is 0 Å². The molecule has 0 radical (unpaired) electrons. The molecule has 1 aliphatic heterocycles. The van der Waals surface area contributed by atoms with E-state index in [-0.39, 0.29) is 31.0 Å². The molecule has 1 aliphatic rings. The highest BCUT2D eigenvalue weighted by Gasteiger charge is 2.30. The highest BCUT2D eigenvalue weighted by atomic mass is 32.2. The van der Waals surface area contributed by atoms with Gasteiger partial charge in [0.05, 0.1) is 12.2 Å². The Bertz CT molecular complexity index is 397.